The third-order valence-corrected chi connectivity index (χ3v) is 11.4. The minimum Gasteiger partial charge on any atom is -0.463 e. The van der Waals surface area contributed by atoms with Crippen molar-refractivity contribution in [1.29, 1.82) is 0 Å². The van der Waals surface area contributed by atoms with Gasteiger partial charge in [0.15, 0.2) is 0 Å². The molecule has 0 spiro atoms. The molecule has 0 unspecified atom stereocenters. The molecule has 0 aromatic rings. The van der Waals surface area contributed by atoms with Crippen LogP contribution in [0.25, 0.3) is 0 Å². The summed E-state index contributed by atoms with van der Waals surface area (Å²) in [5, 5.41) is 0. The molecule has 0 heterocycles. The molecule has 0 saturated carbocycles. The second-order valence-corrected chi connectivity index (χ2v) is 17.3. The number of hydrogen-bond acceptors (Lipinski definition) is 8. The molecule has 61 heavy (non-hydrogen) atoms. The number of esters is 1. The molecule has 0 N–H and O–H groups in total. The molecule has 0 aliphatic rings. The van der Waals surface area contributed by atoms with E-state index in [0.717, 1.165) is 58.2 Å². The number of carbonyl (C=O) groups excluding carboxylic acids is 3. The Balaban J connectivity index is 4.29. The van der Waals surface area contributed by atoms with Crippen LogP contribution in [0.4, 0.5) is 0 Å². The highest BCUT2D eigenvalue weighted by Gasteiger charge is 2.11. The lowest BCUT2D eigenvalue weighted by Crippen LogP contribution is -2.28. The van der Waals surface area contributed by atoms with Crippen molar-refractivity contribution in [2.24, 2.45) is 0 Å². The van der Waals surface area contributed by atoms with Crippen LogP contribution in [0.15, 0.2) is 24.3 Å². The van der Waals surface area contributed by atoms with E-state index in [1.165, 1.54) is 141 Å². The average Bonchev–Trinajstić information content (AvgIpc) is 3.25. The van der Waals surface area contributed by atoms with E-state index in [4.69, 9.17) is 18.9 Å². The minimum absolute atomic E-state index is 0.217. The predicted molar refractivity (Wildman–Crippen MR) is 258 cm³/mol. The number of nitrogens with zero attached hydrogens (tertiary/aromatic N) is 1. The highest BCUT2D eigenvalue weighted by Crippen LogP contribution is 2.14. The van der Waals surface area contributed by atoms with E-state index in [-0.39, 0.29) is 12.6 Å². The number of methoxy groups -OCH3 is 1. The molecule has 0 aliphatic carbocycles. The third-order valence-electron chi connectivity index (χ3n) is 11.4. The average molecular weight is 862 g/mol. The van der Waals surface area contributed by atoms with E-state index in [1.807, 2.05) is 0 Å². The lowest BCUT2D eigenvalue weighted by molar-refractivity contribution is -0.145. The summed E-state index contributed by atoms with van der Waals surface area (Å²) < 4.78 is 21.2. The van der Waals surface area contributed by atoms with Gasteiger partial charge in [-0.25, -0.2) is 0 Å². The summed E-state index contributed by atoms with van der Waals surface area (Å²) in [6.45, 7) is 9.55. The van der Waals surface area contributed by atoms with Gasteiger partial charge in [-0.3, -0.25) is 14.4 Å². The summed E-state index contributed by atoms with van der Waals surface area (Å²) in [6.07, 6.45) is 47.5. The van der Waals surface area contributed by atoms with Gasteiger partial charge in [0.25, 0.3) is 0 Å². The molecule has 0 saturated heterocycles. The van der Waals surface area contributed by atoms with E-state index in [0.29, 0.717) is 83.1 Å². The van der Waals surface area contributed by atoms with Gasteiger partial charge in [0.1, 0.15) is 18.2 Å². The second kappa shape index (κ2) is 50.8. The maximum Gasteiger partial charge on any atom is 0.305 e. The summed E-state index contributed by atoms with van der Waals surface area (Å²) >= 11 is 0. The van der Waals surface area contributed by atoms with E-state index >= 15 is 0 Å². The maximum atomic E-state index is 12.7. The zero-order chi connectivity index (χ0) is 44.4. The minimum atomic E-state index is -0.217. The van der Waals surface area contributed by atoms with Gasteiger partial charge in [-0.2, -0.15) is 0 Å². The topological polar surface area (TPSA) is 91.4 Å². The Morgan fingerprint density at radius 3 is 1.11 bits per heavy atom. The van der Waals surface area contributed by atoms with Gasteiger partial charge in [-0.05, 0) is 103 Å². The second-order valence-electron chi connectivity index (χ2n) is 17.3. The fourth-order valence-corrected chi connectivity index (χ4v) is 7.57. The van der Waals surface area contributed by atoms with E-state index in [1.54, 1.807) is 7.11 Å². The standard InChI is InChI=1S/C53H99NO7/c1-4-6-8-10-12-14-16-18-20-22-24-26-28-30-32-37-51(55)39-34-42-54(44-36-41-53(57)61-50-49-60-48-47-59-46-45-58-3)43-35-40-52(56)38-33-31-29-27-25-23-21-19-17-15-13-11-9-7-5-2/h18-21H,4-17,22-50H2,1-3H3/b20-18-,21-19-. The molecule has 0 bridgehead atoms. The van der Waals surface area contributed by atoms with E-state index in [2.05, 4.69) is 43.1 Å². The number of carbonyl (C=O) groups is 3. The summed E-state index contributed by atoms with van der Waals surface area (Å²) in [5.74, 6) is 0.505. The van der Waals surface area contributed by atoms with Crippen molar-refractivity contribution in [2.75, 3.05) is 66.4 Å². The van der Waals surface area contributed by atoms with Crippen LogP contribution in [0.5, 0.6) is 0 Å². The van der Waals surface area contributed by atoms with Gasteiger partial charge < -0.3 is 23.8 Å². The van der Waals surface area contributed by atoms with Crippen LogP contribution in [-0.4, -0.2) is 88.8 Å². The summed E-state index contributed by atoms with van der Waals surface area (Å²) in [7, 11) is 1.64. The molecule has 358 valence electrons. The van der Waals surface area contributed by atoms with Crippen LogP contribution in [0.3, 0.4) is 0 Å². The van der Waals surface area contributed by atoms with Crippen LogP contribution in [0.1, 0.15) is 232 Å². The summed E-state index contributed by atoms with van der Waals surface area (Å²) in [4.78, 5) is 40.1. The first-order chi connectivity index (χ1) is 30.0. The van der Waals surface area contributed by atoms with Crippen molar-refractivity contribution >= 4 is 17.5 Å². The summed E-state index contributed by atoms with van der Waals surface area (Å²) in [5.41, 5.74) is 0. The molecular formula is C53H99NO7. The number of hydrogen-bond donors (Lipinski definition) is 0. The van der Waals surface area contributed by atoms with Crippen molar-refractivity contribution in [1.82, 2.24) is 4.90 Å². The SMILES string of the molecule is CCCCCCCC/C=C\CCCCCCCC(=O)CCCN(CCCC(=O)CCCCCCC/C=C\CCCCCCCC)CCCC(=O)OCCOCCOCCOC. The van der Waals surface area contributed by atoms with Gasteiger partial charge in [0.05, 0.1) is 33.0 Å². The number of allylic oxidation sites excluding steroid dienone is 4. The van der Waals surface area contributed by atoms with Crippen LogP contribution in [0, 0.1) is 0 Å². The first-order valence-corrected chi connectivity index (χ1v) is 25.9. The number of ketones is 2. The Bertz CT molecular complexity index is 941. The lowest BCUT2D eigenvalue weighted by Gasteiger charge is -2.22. The number of rotatable bonds is 51. The van der Waals surface area contributed by atoms with Crippen LogP contribution >= 0.6 is 0 Å². The molecule has 0 aliphatic heterocycles. The largest absolute Gasteiger partial charge is 0.463 e. The molecule has 0 rings (SSSR count). The number of ether oxygens (including phenoxy) is 4. The Labute approximate surface area is 377 Å². The maximum absolute atomic E-state index is 12.7. The van der Waals surface area contributed by atoms with E-state index < -0.39 is 0 Å². The van der Waals surface area contributed by atoms with Crippen LogP contribution in [-0.2, 0) is 33.3 Å². The smallest absolute Gasteiger partial charge is 0.305 e. The number of unbranched alkanes of at least 4 members (excludes halogenated alkanes) is 22. The van der Waals surface area contributed by atoms with Gasteiger partial charge in [-0.15, -0.1) is 0 Å². The molecule has 0 radical (unpaired) electrons. The first kappa shape index (κ1) is 59.1. The van der Waals surface area contributed by atoms with E-state index in [9.17, 15) is 14.4 Å². The Hall–Kier alpha value is -1.87. The fourth-order valence-electron chi connectivity index (χ4n) is 7.57. The number of Topliss-reactive ketones (excluding diaryl/α,β-unsaturated/α-hetero) is 2. The lowest BCUT2D eigenvalue weighted by atomic mass is 10.0. The highest BCUT2D eigenvalue weighted by molar-refractivity contribution is 5.78. The molecule has 0 amide bonds. The van der Waals surface area contributed by atoms with Gasteiger partial charge in [0.2, 0.25) is 0 Å². The highest BCUT2D eigenvalue weighted by atomic mass is 16.6. The van der Waals surface area contributed by atoms with Crippen molar-refractivity contribution in [2.45, 2.75) is 232 Å². The van der Waals surface area contributed by atoms with Gasteiger partial charge >= 0.3 is 5.97 Å². The zero-order valence-electron chi connectivity index (χ0n) is 40.5. The van der Waals surface area contributed by atoms with Crippen molar-refractivity contribution in [3.8, 4) is 0 Å². The van der Waals surface area contributed by atoms with Gasteiger partial charge in [-0.1, -0.05) is 141 Å². The van der Waals surface area contributed by atoms with Crippen LogP contribution < -0.4 is 0 Å². The van der Waals surface area contributed by atoms with Gasteiger partial charge in [0, 0.05) is 39.2 Å². The van der Waals surface area contributed by atoms with Crippen LogP contribution in [0.2, 0.25) is 0 Å². The molecule has 0 aromatic heterocycles. The molecule has 0 atom stereocenters. The molecule has 0 aromatic carbocycles. The quantitative estimate of drug-likeness (QED) is 0.0339. The molecule has 0 fully saturated rings. The Kier molecular flexibility index (Phi) is 49.2. The third kappa shape index (κ3) is 49.0. The zero-order valence-corrected chi connectivity index (χ0v) is 40.5. The molecule has 8 nitrogen and oxygen atoms in total. The van der Waals surface area contributed by atoms with Crippen molar-refractivity contribution in [3.63, 3.8) is 0 Å². The fraction of sp³-hybridized carbons (Fsp3) is 0.868. The molecule has 8 heteroatoms. The summed E-state index contributed by atoms with van der Waals surface area (Å²) in [6, 6.07) is 0. The van der Waals surface area contributed by atoms with Crippen molar-refractivity contribution < 1.29 is 33.3 Å². The normalized spacial score (nSPS) is 11.8. The predicted octanol–water partition coefficient (Wildman–Crippen LogP) is 14.1. The van der Waals surface area contributed by atoms with Crippen molar-refractivity contribution in [3.05, 3.63) is 24.3 Å². The first-order valence-electron chi connectivity index (χ1n) is 25.9. The molecular weight excluding hydrogens is 763 g/mol. The monoisotopic (exact) mass is 862 g/mol. The Morgan fingerprint density at radius 1 is 0.377 bits per heavy atom. The Morgan fingerprint density at radius 2 is 0.705 bits per heavy atom.